The summed E-state index contributed by atoms with van der Waals surface area (Å²) in [6, 6.07) is 86.4. The Morgan fingerprint density at radius 1 is 0.276 bits per heavy atom. The Bertz CT molecular complexity index is 4380. The zero-order valence-electron chi connectivity index (χ0n) is 40.5. The maximum absolute atomic E-state index is 10.0. The lowest BCUT2D eigenvalue weighted by atomic mass is 9.97. The molecule has 0 amide bonds. The van der Waals surface area contributed by atoms with Crippen molar-refractivity contribution in [1.29, 1.82) is 21.0 Å². The third kappa shape index (κ3) is 7.68. The van der Waals surface area contributed by atoms with E-state index in [1.165, 1.54) is 0 Å². The van der Waals surface area contributed by atoms with Crippen LogP contribution < -0.4 is 0 Å². The molecule has 0 saturated heterocycles. The van der Waals surface area contributed by atoms with Crippen LogP contribution in [0.4, 0.5) is 0 Å². The van der Waals surface area contributed by atoms with Crippen molar-refractivity contribution in [3.63, 3.8) is 0 Å². The molecule has 0 spiro atoms. The van der Waals surface area contributed by atoms with Crippen LogP contribution in [0.3, 0.4) is 0 Å². The summed E-state index contributed by atoms with van der Waals surface area (Å²) in [5, 5.41) is 44.1. The monoisotopic (exact) mass is 966 g/mol. The highest BCUT2D eigenvalue weighted by atomic mass is 15.0. The van der Waals surface area contributed by atoms with Crippen molar-refractivity contribution >= 4 is 43.6 Å². The van der Waals surface area contributed by atoms with Gasteiger partial charge in [-0.15, -0.1) is 0 Å². The van der Waals surface area contributed by atoms with Crippen LogP contribution in [-0.2, 0) is 0 Å². The van der Waals surface area contributed by atoms with Gasteiger partial charge in [-0.05, 0) is 125 Å². The zero-order valence-corrected chi connectivity index (χ0v) is 40.5. The number of hydrogen-bond acceptors (Lipinski definition) is 6. The second-order valence-electron chi connectivity index (χ2n) is 18.7. The topological polar surface area (TPSA) is 131 Å². The molecule has 0 aliphatic rings. The fourth-order valence-electron chi connectivity index (χ4n) is 10.7. The smallest absolute Gasteiger partial charge is 0.160 e. The van der Waals surface area contributed by atoms with Gasteiger partial charge in [0, 0.05) is 49.4 Å². The quantitative estimate of drug-likeness (QED) is 0.149. The summed E-state index contributed by atoms with van der Waals surface area (Å²) in [4.78, 5) is 10.6. The highest BCUT2D eigenvalue weighted by molar-refractivity contribution is 6.13. The molecular weight excluding hydrogens is 929 g/mol. The van der Waals surface area contributed by atoms with Crippen LogP contribution in [0.5, 0.6) is 0 Å². The molecule has 0 N–H and O–H groups in total. The zero-order chi connectivity index (χ0) is 51.3. The molecule has 350 valence electrons. The summed E-state index contributed by atoms with van der Waals surface area (Å²) in [6.45, 7) is 0. The summed E-state index contributed by atoms with van der Waals surface area (Å²) < 4.78 is 4.66. The molecule has 10 aromatic carbocycles. The van der Waals surface area contributed by atoms with E-state index in [-0.39, 0.29) is 0 Å². The molecule has 0 atom stereocenters. The first-order valence-electron chi connectivity index (χ1n) is 24.7. The summed E-state index contributed by atoms with van der Waals surface area (Å²) in [5.41, 5.74) is 16.9. The van der Waals surface area contributed by atoms with Crippen LogP contribution in [-0.4, -0.2) is 19.1 Å². The molecule has 0 aliphatic heterocycles. The number of nitriles is 4. The van der Waals surface area contributed by atoms with E-state index in [2.05, 4.69) is 179 Å². The number of fused-ring (bicyclic) bond motifs is 6. The number of nitrogens with zero attached hydrogens (tertiary/aromatic N) is 8. The minimum atomic E-state index is 0.394. The van der Waals surface area contributed by atoms with Gasteiger partial charge >= 0.3 is 0 Å². The molecule has 0 unspecified atom stereocenters. The molecular formula is C68H38N8. The standard InChI is InChI=1S/C68H38N8/c69-39-43-29-44(40-70)32-52(31-43)49-23-26-66-58(35-49)59-36-50(53-33-45(41-71)30-46(34-53)42-72)24-27-67(59)76(66)65-28-25-51(68-73-60(47-13-3-1-4-14-47)38-61(74-68)48-15-5-2-6-16-48)37-57(65)56-19-9-12-22-64(56)75-62-20-10-7-17-54(62)55-18-8-11-21-63(55)75/h1-38H. The highest BCUT2D eigenvalue weighted by Crippen LogP contribution is 2.44. The van der Waals surface area contributed by atoms with Gasteiger partial charge < -0.3 is 9.13 Å². The average Bonchev–Trinajstić information content (AvgIpc) is 4.12. The maximum atomic E-state index is 10.0. The molecule has 0 bridgehead atoms. The van der Waals surface area contributed by atoms with Crippen molar-refractivity contribution in [3.05, 3.63) is 253 Å². The third-order valence-corrected chi connectivity index (χ3v) is 14.2. The first kappa shape index (κ1) is 44.8. The number of aromatic nitrogens is 4. The van der Waals surface area contributed by atoms with Crippen LogP contribution in [0.25, 0.3) is 122 Å². The average molecular weight is 967 g/mol. The summed E-state index contributed by atoms with van der Waals surface area (Å²) in [7, 11) is 0. The fourth-order valence-corrected chi connectivity index (χ4v) is 10.7. The van der Waals surface area contributed by atoms with E-state index < -0.39 is 0 Å². The Morgan fingerprint density at radius 3 is 1.17 bits per heavy atom. The Hall–Kier alpha value is -11.2. The van der Waals surface area contributed by atoms with Crippen LogP contribution >= 0.6 is 0 Å². The summed E-state index contributed by atoms with van der Waals surface area (Å²) >= 11 is 0. The highest BCUT2D eigenvalue weighted by Gasteiger charge is 2.23. The Kier molecular flexibility index (Phi) is 10.9. The van der Waals surface area contributed by atoms with Crippen molar-refractivity contribution in [1.82, 2.24) is 19.1 Å². The van der Waals surface area contributed by atoms with Crippen molar-refractivity contribution < 1.29 is 0 Å². The van der Waals surface area contributed by atoms with Gasteiger partial charge in [-0.3, -0.25) is 0 Å². The minimum Gasteiger partial charge on any atom is -0.309 e. The second kappa shape index (κ2) is 18.5. The Morgan fingerprint density at radius 2 is 0.684 bits per heavy atom. The van der Waals surface area contributed by atoms with Crippen molar-refractivity contribution in [3.8, 4) is 103 Å². The van der Waals surface area contributed by atoms with Gasteiger partial charge in [0.1, 0.15) is 0 Å². The first-order valence-corrected chi connectivity index (χ1v) is 24.7. The van der Waals surface area contributed by atoms with Gasteiger partial charge in [0.05, 0.1) is 91.4 Å². The predicted octanol–water partition coefficient (Wildman–Crippen LogP) is 16.2. The van der Waals surface area contributed by atoms with Gasteiger partial charge in [-0.2, -0.15) is 21.0 Å². The van der Waals surface area contributed by atoms with Crippen LogP contribution in [0.15, 0.2) is 231 Å². The van der Waals surface area contributed by atoms with E-state index in [1.807, 2.05) is 72.8 Å². The Balaban J connectivity index is 1.12. The van der Waals surface area contributed by atoms with Gasteiger partial charge in [0.25, 0.3) is 0 Å². The number of rotatable bonds is 8. The van der Waals surface area contributed by atoms with Crippen molar-refractivity contribution in [2.24, 2.45) is 0 Å². The third-order valence-electron chi connectivity index (χ3n) is 14.2. The molecule has 8 nitrogen and oxygen atoms in total. The number of para-hydroxylation sites is 3. The summed E-state index contributed by atoms with van der Waals surface area (Å²) in [5.74, 6) is 0.575. The number of hydrogen-bond donors (Lipinski definition) is 0. The van der Waals surface area contributed by atoms with Gasteiger partial charge in [-0.1, -0.05) is 127 Å². The largest absolute Gasteiger partial charge is 0.309 e. The van der Waals surface area contributed by atoms with Gasteiger partial charge in [0.2, 0.25) is 0 Å². The van der Waals surface area contributed by atoms with E-state index >= 15 is 0 Å². The molecule has 13 aromatic rings. The summed E-state index contributed by atoms with van der Waals surface area (Å²) in [6.07, 6.45) is 0. The van der Waals surface area contributed by atoms with E-state index in [0.29, 0.717) is 28.1 Å². The molecule has 76 heavy (non-hydrogen) atoms. The van der Waals surface area contributed by atoms with E-state index in [9.17, 15) is 21.0 Å². The van der Waals surface area contributed by atoms with E-state index in [1.54, 1.807) is 12.1 Å². The second-order valence-corrected chi connectivity index (χ2v) is 18.7. The molecule has 13 rings (SSSR count). The first-order chi connectivity index (χ1) is 37.5. The van der Waals surface area contributed by atoms with Crippen molar-refractivity contribution in [2.45, 2.75) is 0 Å². The van der Waals surface area contributed by atoms with Gasteiger partial charge in [0.15, 0.2) is 5.82 Å². The minimum absolute atomic E-state index is 0.394. The maximum Gasteiger partial charge on any atom is 0.160 e. The SMILES string of the molecule is N#Cc1cc(C#N)cc(-c2ccc3c(c2)c2cc(-c4cc(C#N)cc(C#N)c4)ccc2n3-c2ccc(-c3nc(-c4ccccc4)cc(-c4ccccc4)n3)cc2-c2ccccc2-n2c3ccccc3c3ccccc32)c1. The van der Waals surface area contributed by atoms with Crippen LogP contribution in [0, 0.1) is 45.3 Å². The van der Waals surface area contributed by atoms with Crippen molar-refractivity contribution in [2.75, 3.05) is 0 Å². The lowest BCUT2D eigenvalue weighted by Crippen LogP contribution is -2.03. The molecule has 3 heterocycles. The Labute approximate surface area is 437 Å². The van der Waals surface area contributed by atoms with E-state index in [0.717, 1.165) is 116 Å². The van der Waals surface area contributed by atoms with Crippen LogP contribution in [0.1, 0.15) is 22.3 Å². The van der Waals surface area contributed by atoms with E-state index in [4.69, 9.17) is 9.97 Å². The number of benzene rings is 10. The predicted molar refractivity (Wildman–Crippen MR) is 302 cm³/mol. The lowest BCUT2D eigenvalue weighted by molar-refractivity contribution is 1.15. The van der Waals surface area contributed by atoms with Gasteiger partial charge in [-0.25, -0.2) is 9.97 Å². The molecule has 0 saturated carbocycles. The lowest BCUT2D eigenvalue weighted by Gasteiger charge is -2.20. The fraction of sp³-hybridized carbons (Fsp3) is 0. The normalized spacial score (nSPS) is 11.1. The molecule has 8 heteroatoms. The van der Waals surface area contributed by atoms with Crippen LogP contribution in [0.2, 0.25) is 0 Å². The molecule has 3 aromatic heterocycles. The molecule has 0 fully saturated rings. The molecule has 0 radical (unpaired) electrons. The molecule has 0 aliphatic carbocycles.